The van der Waals surface area contributed by atoms with E-state index in [9.17, 15) is 8.42 Å². The average molecular weight is 250 g/mol. The molecule has 0 aromatic rings. The summed E-state index contributed by atoms with van der Waals surface area (Å²) < 4.78 is 25.6. The van der Waals surface area contributed by atoms with Crippen LogP contribution in [0.1, 0.15) is 40.0 Å². The zero-order chi connectivity index (χ0) is 12.6. The average Bonchev–Trinajstić information content (AvgIpc) is 2.21. The predicted octanol–water partition coefficient (Wildman–Crippen LogP) is 1.42. The van der Waals surface area contributed by atoms with Crippen LogP contribution in [-0.2, 0) is 10.0 Å². The highest BCUT2D eigenvalue weighted by molar-refractivity contribution is 7.89. The van der Waals surface area contributed by atoms with Gasteiger partial charge in [-0.15, -0.1) is 0 Å². The molecule has 0 aliphatic heterocycles. The maximum atomic E-state index is 12.0. The van der Waals surface area contributed by atoms with E-state index < -0.39 is 10.0 Å². The zero-order valence-electron chi connectivity index (χ0n) is 10.8. The maximum absolute atomic E-state index is 12.0. The fourth-order valence-corrected chi connectivity index (χ4v) is 3.32. The molecular weight excluding hydrogens is 224 g/mol. The Morgan fingerprint density at radius 3 is 2.31 bits per heavy atom. The van der Waals surface area contributed by atoms with Gasteiger partial charge in [-0.3, -0.25) is 0 Å². The summed E-state index contributed by atoms with van der Waals surface area (Å²) in [5, 5.41) is 0. The Hall–Kier alpha value is -0.130. The summed E-state index contributed by atoms with van der Waals surface area (Å²) in [4.78, 5) is 0. The summed E-state index contributed by atoms with van der Waals surface area (Å²) in [6.45, 7) is 7.79. The minimum absolute atomic E-state index is 0.259. The van der Waals surface area contributed by atoms with Crippen LogP contribution in [0.5, 0.6) is 0 Å². The molecule has 4 nitrogen and oxygen atoms in total. The quantitative estimate of drug-likeness (QED) is 0.673. The molecule has 0 aromatic carbocycles. The van der Waals surface area contributed by atoms with Crippen LogP contribution in [0.4, 0.5) is 0 Å². The standard InChI is InChI=1S/C11H26N2O2S/c1-4-8-13(9-5-7-12)16(14,15)10-6-11(2)3/h11H,4-10,12H2,1-3H3. The summed E-state index contributed by atoms with van der Waals surface area (Å²) in [6, 6.07) is 0. The summed E-state index contributed by atoms with van der Waals surface area (Å²) in [5.74, 6) is 0.683. The van der Waals surface area contributed by atoms with E-state index in [2.05, 4.69) is 0 Å². The monoisotopic (exact) mass is 250 g/mol. The van der Waals surface area contributed by atoms with Gasteiger partial charge in [-0.2, -0.15) is 0 Å². The molecule has 0 rings (SSSR count). The van der Waals surface area contributed by atoms with E-state index in [1.807, 2.05) is 20.8 Å². The second-order valence-electron chi connectivity index (χ2n) is 4.54. The first-order chi connectivity index (χ1) is 7.44. The summed E-state index contributed by atoms with van der Waals surface area (Å²) in [5.41, 5.74) is 5.42. The maximum Gasteiger partial charge on any atom is 0.214 e. The van der Waals surface area contributed by atoms with Crippen molar-refractivity contribution >= 4 is 10.0 Å². The van der Waals surface area contributed by atoms with Crippen LogP contribution < -0.4 is 5.73 Å². The van der Waals surface area contributed by atoms with E-state index in [4.69, 9.17) is 5.73 Å². The molecule has 0 amide bonds. The van der Waals surface area contributed by atoms with Crippen LogP contribution in [0.2, 0.25) is 0 Å². The highest BCUT2D eigenvalue weighted by Gasteiger charge is 2.20. The largest absolute Gasteiger partial charge is 0.330 e. The predicted molar refractivity (Wildman–Crippen MR) is 68.8 cm³/mol. The van der Waals surface area contributed by atoms with E-state index >= 15 is 0 Å². The molecule has 2 N–H and O–H groups in total. The molecule has 5 heteroatoms. The van der Waals surface area contributed by atoms with E-state index in [1.54, 1.807) is 4.31 Å². The Kier molecular flexibility index (Phi) is 7.97. The van der Waals surface area contributed by atoms with Crippen molar-refractivity contribution in [3.05, 3.63) is 0 Å². The van der Waals surface area contributed by atoms with Gasteiger partial charge in [0.15, 0.2) is 0 Å². The van der Waals surface area contributed by atoms with Crippen LogP contribution in [0.3, 0.4) is 0 Å². The van der Waals surface area contributed by atoms with Crippen molar-refractivity contribution in [2.24, 2.45) is 11.7 Å². The van der Waals surface area contributed by atoms with Gasteiger partial charge in [-0.05, 0) is 31.7 Å². The first kappa shape index (κ1) is 15.9. The van der Waals surface area contributed by atoms with Crippen molar-refractivity contribution in [1.82, 2.24) is 4.31 Å². The van der Waals surface area contributed by atoms with E-state index in [1.165, 1.54) is 0 Å². The van der Waals surface area contributed by atoms with Crippen LogP contribution in [0.25, 0.3) is 0 Å². The normalized spacial score (nSPS) is 12.6. The van der Waals surface area contributed by atoms with Crippen LogP contribution in [-0.4, -0.2) is 38.1 Å². The number of nitrogens with zero attached hydrogens (tertiary/aromatic N) is 1. The number of rotatable bonds is 9. The van der Waals surface area contributed by atoms with Crippen molar-refractivity contribution in [1.29, 1.82) is 0 Å². The van der Waals surface area contributed by atoms with Crippen molar-refractivity contribution in [3.8, 4) is 0 Å². The zero-order valence-corrected chi connectivity index (χ0v) is 11.6. The Bertz CT molecular complexity index is 263. The Morgan fingerprint density at radius 1 is 1.25 bits per heavy atom. The molecule has 0 radical (unpaired) electrons. The number of hydrogen-bond donors (Lipinski definition) is 1. The lowest BCUT2D eigenvalue weighted by Crippen LogP contribution is -2.35. The lowest BCUT2D eigenvalue weighted by Gasteiger charge is -2.21. The summed E-state index contributed by atoms with van der Waals surface area (Å²) in [7, 11) is -3.07. The molecule has 0 saturated carbocycles. The van der Waals surface area contributed by atoms with E-state index in [0.717, 1.165) is 19.3 Å². The summed E-state index contributed by atoms with van der Waals surface area (Å²) >= 11 is 0. The lowest BCUT2D eigenvalue weighted by atomic mass is 10.2. The van der Waals surface area contributed by atoms with Gasteiger partial charge < -0.3 is 5.73 Å². The van der Waals surface area contributed by atoms with Gasteiger partial charge >= 0.3 is 0 Å². The summed E-state index contributed by atoms with van der Waals surface area (Å²) in [6.07, 6.45) is 2.32. The molecule has 0 fully saturated rings. The molecule has 0 heterocycles. The molecule has 0 saturated heterocycles. The third-order valence-corrected chi connectivity index (χ3v) is 4.33. The first-order valence-corrected chi connectivity index (χ1v) is 7.72. The van der Waals surface area contributed by atoms with Crippen molar-refractivity contribution in [3.63, 3.8) is 0 Å². The molecule has 0 unspecified atom stereocenters. The van der Waals surface area contributed by atoms with Crippen molar-refractivity contribution in [2.45, 2.75) is 40.0 Å². The minimum Gasteiger partial charge on any atom is -0.330 e. The number of sulfonamides is 1. The number of nitrogens with two attached hydrogens (primary N) is 1. The van der Waals surface area contributed by atoms with E-state index in [0.29, 0.717) is 25.6 Å². The highest BCUT2D eigenvalue weighted by Crippen LogP contribution is 2.09. The fraction of sp³-hybridized carbons (Fsp3) is 1.00. The number of hydrogen-bond acceptors (Lipinski definition) is 3. The third kappa shape index (κ3) is 6.45. The molecule has 0 aliphatic rings. The third-order valence-electron chi connectivity index (χ3n) is 2.43. The molecule has 0 aliphatic carbocycles. The van der Waals surface area contributed by atoms with Crippen LogP contribution in [0, 0.1) is 5.92 Å². The molecule has 16 heavy (non-hydrogen) atoms. The van der Waals surface area contributed by atoms with Gasteiger partial charge in [-0.1, -0.05) is 20.8 Å². The minimum atomic E-state index is -3.07. The van der Waals surface area contributed by atoms with E-state index in [-0.39, 0.29) is 5.75 Å². The molecule has 98 valence electrons. The van der Waals surface area contributed by atoms with Crippen molar-refractivity contribution < 1.29 is 8.42 Å². The van der Waals surface area contributed by atoms with Gasteiger partial charge in [-0.25, -0.2) is 12.7 Å². The molecule has 0 atom stereocenters. The van der Waals surface area contributed by atoms with Crippen LogP contribution in [0.15, 0.2) is 0 Å². The smallest absolute Gasteiger partial charge is 0.214 e. The van der Waals surface area contributed by atoms with Gasteiger partial charge in [0.1, 0.15) is 0 Å². The fourth-order valence-electron chi connectivity index (χ4n) is 1.42. The Labute approximate surface area is 100 Å². The van der Waals surface area contributed by atoms with Gasteiger partial charge in [0.25, 0.3) is 0 Å². The molecular formula is C11H26N2O2S. The van der Waals surface area contributed by atoms with Crippen molar-refractivity contribution in [2.75, 3.05) is 25.4 Å². The molecule has 0 spiro atoms. The van der Waals surface area contributed by atoms with Gasteiger partial charge in [0.2, 0.25) is 10.0 Å². The lowest BCUT2D eigenvalue weighted by molar-refractivity contribution is 0.403. The molecule has 0 aromatic heterocycles. The first-order valence-electron chi connectivity index (χ1n) is 6.12. The van der Waals surface area contributed by atoms with Gasteiger partial charge in [0.05, 0.1) is 5.75 Å². The second-order valence-corrected chi connectivity index (χ2v) is 6.63. The molecule has 0 bridgehead atoms. The topological polar surface area (TPSA) is 63.4 Å². The second kappa shape index (κ2) is 8.03. The highest BCUT2D eigenvalue weighted by atomic mass is 32.2. The van der Waals surface area contributed by atoms with Gasteiger partial charge in [0, 0.05) is 13.1 Å². The Morgan fingerprint density at radius 2 is 1.88 bits per heavy atom. The SMILES string of the molecule is CCCN(CCCN)S(=O)(=O)CCC(C)C. The Balaban J connectivity index is 4.37. The van der Waals surface area contributed by atoms with Crippen LogP contribution >= 0.6 is 0 Å².